The number of amides is 2. The van der Waals surface area contributed by atoms with Gasteiger partial charge in [-0.15, -0.1) is 0 Å². The predicted octanol–water partition coefficient (Wildman–Crippen LogP) is 3.89. The molecule has 1 heterocycles. The Bertz CT molecular complexity index is 926. The number of likely N-dealkylation sites (tertiary alicyclic amines) is 1. The zero-order valence-corrected chi connectivity index (χ0v) is 20.3. The summed E-state index contributed by atoms with van der Waals surface area (Å²) < 4.78 is 5.30. The maximum absolute atomic E-state index is 12.3. The van der Waals surface area contributed by atoms with E-state index in [1.54, 1.807) is 7.11 Å². The highest BCUT2D eigenvalue weighted by molar-refractivity contribution is 5.94. The molecule has 2 N–H and O–H groups in total. The van der Waals surface area contributed by atoms with Crippen LogP contribution >= 0.6 is 0 Å². The van der Waals surface area contributed by atoms with Gasteiger partial charge < -0.3 is 15.4 Å². The fourth-order valence-electron chi connectivity index (χ4n) is 4.08. The highest BCUT2D eigenvalue weighted by Crippen LogP contribution is 2.22. The lowest BCUT2D eigenvalue weighted by Gasteiger charge is -2.32. The molecule has 6 heteroatoms. The third kappa shape index (κ3) is 7.60. The molecule has 33 heavy (non-hydrogen) atoms. The van der Waals surface area contributed by atoms with E-state index in [0.29, 0.717) is 12.1 Å². The number of hydrogen-bond acceptors (Lipinski definition) is 4. The standard InChI is InChI=1S/C27H37N3O3/c1-27(2,3)22-10-8-21(9-11-22)26(32)28-15-12-25(31)29-23-13-16-30(17-14-23)19-20-6-5-7-24(18-20)33-4/h5-11,18,23H,12-17,19H2,1-4H3,(H,28,32)(H,29,31). The van der Waals surface area contributed by atoms with Gasteiger partial charge >= 0.3 is 0 Å². The van der Waals surface area contributed by atoms with Gasteiger partial charge in [0.05, 0.1) is 7.11 Å². The zero-order valence-electron chi connectivity index (χ0n) is 20.3. The number of methoxy groups -OCH3 is 1. The summed E-state index contributed by atoms with van der Waals surface area (Å²) in [6.45, 7) is 9.55. The van der Waals surface area contributed by atoms with Gasteiger partial charge in [0.15, 0.2) is 0 Å². The van der Waals surface area contributed by atoms with Crippen molar-refractivity contribution in [3.05, 3.63) is 65.2 Å². The molecule has 0 radical (unpaired) electrons. The van der Waals surface area contributed by atoms with E-state index >= 15 is 0 Å². The minimum Gasteiger partial charge on any atom is -0.497 e. The van der Waals surface area contributed by atoms with Crippen molar-refractivity contribution in [3.8, 4) is 5.75 Å². The van der Waals surface area contributed by atoms with Gasteiger partial charge in [0, 0.05) is 44.2 Å². The van der Waals surface area contributed by atoms with Crippen LogP contribution in [0.5, 0.6) is 5.75 Å². The Kier molecular flexibility index (Phi) is 8.50. The minimum absolute atomic E-state index is 0.00961. The van der Waals surface area contributed by atoms with E-state index in [2.05, 4.69) is 48.4 Å². The van der Waals surface area contributed by atoms with Crippen molar-refractivity contribution in [3.63, 3.8) is 0 Å². The van der Waals surface area contributed by atoms with Gasteiger partial charge in [0.25, 0.3) is 5.91 Å². The van der Waals surface area contributed by atoms with Crippen LogP contribution in [0.1, 0.15) is 61.5 Å². The Balaban J connectivity index is 1.34. The first-order chi connectivity index (χ1) is 15.7. The van der Waals surface area contributed by atoms with Crippen LogP contribution in [0.25, 0.3) is 0 Å². The van der Waals surface area contributed by atoms with Crippen LogP contribution in [0.4, 0.5) is 0 Å². The number of nitrogens with zero attached hydrogens (tertiary/aromatic N) is 1. The van der Waals surface area contributed by atoms with Crippen molar-refractivity contribution >= 4 is 11.8 Å². The quantitative estimate of drug-likeness (QED) is 0.639. The lowest BCUT2D eigenvalue weighted by molar-refractivity contribution is -0.122. The topological polar surface area (TPSA) is 70.7 Å². The van der Waals surface area contributed by atoms with Crippen molar-refractivity contribution in [2.45, 2.75) is 58.0 Å². The van der Waals surface area contributed by atoms with E-state index in [0.717, 1.165) is 38.2 Å². The molecule has 2 amide bonds. The fraction of sp³-hybridized carbons (Fsp3) is 0.481. The van der Waals surface area contributed by atoms with E-state index in [-0.39, 0.29) is 29.7 Å². The summed E-state index contributed by atoms with van der Waals surface area (Å²) in [7, 11) is 1.68. The van der Waals surface area contributed by atoms with E-state index in [4.69, 9.17) is 4.74 Å². The van der Waals surface area contributed by atoms with Crippen molar-refractivity contribution < 1.29 is 14.3 Å². The monoisotopic (exact) mass is 451 g/mol. The Morgan fingerprint density at radius 2 is 1.76 bits per heavy atom. The number of carbonyl (C=O) groups is 2. The van der Waals surface area contributed by atoms with Gasteiger partial charge in [0.2, 0.25) is 5.91 Å². The minimum atomic E-state index is -0.144. The molecule has 1 fully saturated rings. The molecule has 178 valence electrons. The van der Waals surface area contributed by atoms with E-state index in [1.165, 1.54) is 11.1 Å². The molecule has 0 unspecified atom stereocenters. The average Bonchev–Trinajstić information content (AvgIpc) is 2.80. The molecule has 6 nitrogen and oxygen atoms in total. The number of benzene rings is 2. The van der Waals surface area contributed by atoms with Gasteiger partial charge in [-0.3, -0.25) is 14.5 Å². The van der Waals surface area contributed by atoms with E-state index in [1.807, 2.05) is 36.4 Å². The lowest BCUT2D eigenvalue weighted by Crippen LogP contribution is -2.45. The van der Waals surface area contributed by atoms with Gasteiger partial charge in [-0.2, -0.15) is 0 Å². The maximum Gasteiger partial charge on any atom is 0.251 e. The summed E-state index contributed by atoms with van der Waals surface area (Å²) in [5.74, 6) is 0.724. The number of hydrogen-bond donors (Lipinski definition) is 2. The molecule has 0 aromatic heterocycles. The summed E-state index contributed by atoms with van der Waals surface area (Å²) in [6.07, 6.45) is 2.15. The number of nitrogens with one attached hydrogen (secondary N) is 2. The Morgan fingerprint density at radius 1 is 1.06 bits per heavy atom. The highest BCUT2D eigenvalue weighted by atomic mass is 16.5. The Morgan fingerprint density at radius 3 is 2.39 bits per heavy atom. The van der Waals surface area contributed by atoms with Crippen LogP contribution in [0.3, 0.4) is 0 Å². The van der Waals surface area contributed by atoms with Crippen molar-refractivity contribution in [1.29, 1.82) is 0 Å². The van der Waals surface area contributed by atoms with Crippen LogP contribution in [-0.2, 0) is 16.8 Å². The third-order valence-corrected chi connectivity index (χ3v) is 6.14. The molecule has 2 aromatic rings. The normalized spacial score (nSPS) is 15.2. The second kappa shape index (κ2) is 11.3. The van der Waals surface area contributed by atoms with Gasteiger partial charge in [-0.25, -0.2) is 0 Å². The molecule has 3 rings (SSSR count). The van der Waals surface area contributed by atoms with Crippen LogP contribution < -0.4 is 15.4 Å². The van der Waals surface area contributed by atoms with E-state index < -0.39 is 0 Å². The second-order valence-electron chi connectivity index (χ2n) is 9.80. The predicted molar refractivity (Wildman–Crippen MR) is 132 cm³/mol. The first-order valence-corrected chi connectivity index (χ1v) is 11.8. The first-order valence-electron chi connectivity index (χ1n) is 11.8. The van der Waals surface area contributed by atoms with Gasteiger partial charge in [-0.1, -0.05) is 45.0 Å². The molecule has 0 saturated carbocycles. The molecule has 1 aliphatic heterocycles. The fourth-order valence-corrected chi connectivity index (χ4v) is 4.08. The molecule has 2 aromatic carbocycles. The molecular formula is C27H37N3O3. The van der Waals surface area contributed by atoms with Crippen molar-refractivity contribution in [2.24, 2.45) is 0 Å². The summed E-state index contributed by atoms with van der Waals surface area (Å²) >= 11 is 0. The molecule has 1 saturated heterocycles. The van der Waals surface area contributed by atoms with Crippen LogP contribution in [0.2, 0.25) is 0 Å². The maximum atomic E-state index is 12.3. The van der Waals surface area contributed by atoms with Crippen LogP contribution in [-0.4, -0.2) is 49.5 Å². The van der Waals surface area contributed by atoms with E-state index in [9.17, 15) is 9.59 Å². The highest BCUT2D eigenvalue weighted by Gasteiger charge is 2.21. The largest absolute Gasteiger partial charge is 0.497 e. The molecule has 0 aliphatic carbocycles. The van der Waals surface area contributed by atoms with Crippen molar-refractivity contribution in [2.75, 3.05) is 26.7 Å². The number of carbonyl (C=O) groups excluding carboxylic acids is 2. The van der Waals surface area contributed by atoms with Crippen LogP contribution in [0.15, 0.2) is 48.5 Å². The first kappa shape index (κ1) is 24.8. The molecular weight excluding hydrogens is 414 g/mol. The zero-order chi connectivity index (χ0) is 23.8. The Labute approximate surface area is 197 Å². The summed E-state index contributed by atoms with van der Waals surface area (Å²) in [4.78, 5) is 27.1. The lowest BCUT2D eigenvalue weighted by atomic mass is 9.87. The summed E-state index contributed by atoms with van der Waals surface area (Å²) in [5.41, 5.74) is 3.10. The molecule has 0 atom stereocenters. The number of ether oxygens (including phenoxy) is 1. The van der Waals surface area contributed by atoms with Crippen LogP contribution in [0, 0.1) is 0 Å². The molecule has 1 aliphatic rings. The number of piperidine rings is 1. The summed E-state index contributed by atoms with van der Waals surface area (Å²) in [5, 5.41) is 5.97. The summed E-state index contributed by atoms with van der Waals surface area (Å²) in [6, 6.07) is 16.0. The smallest absolute Gasteiger partial charge is 0.251 e. The van der Waals surface area contributed by atoms with Gasteiger partial charge in [-0.05, 0) is 53.6 Å². The third-order valence-electron chi connectivity index (χ3n) is 6.14. The van der Waals surface area contributed by atoms with Crippen molar-refractivity contribution in [1.82, 2.24) is 15.5 Å². The Hall–Kier alpha value is -2.86. The SMILES string of the molecule is COc1cccc(CN2CCC(NC(=O)CCNC(=O)c3ccc(C(C)(C)C)cc3)CC2)c1. The second-order valence-corrected chi connectivity index (χ2v) is 9.80. The molecule has 0 bridgehead atoms. The molecule has 0 spiro atoms. The van der Waals surface area contributed by atoms with Gasteiger partial charge in [0.1, 0.15) is 5.75 Å². The average molecular weight is 452 g/mol. The number of rotatable bonds is 8.